The maximum atomic E-state index is 11.9. The third kappa shape index (κ3) is 3.00. The summed E-state index contributed by atoms with van der Waals surface area (Å²) in [6.45, 7) is 3.29. The summed E-state index contributed by atoms with van der Waals surface area (Å²) in [7, 11) is 1.43. The molecular weight excluding hydrogens is 292 g/mol. The van der Waals surface area contributed by atoms with Crippen molar-refractivity contribution in [2.45, 2.75) is 20.5 Å². The lowest BCUT2D eigenvalue weighted by molar-refractivity contribution is -0.385. The van der Waals surface area contributed by atoms with Gasteiger partial charge in [0.2, 0.25) is 0 Å². The van der Waals surface area contributed by atoms with E-state index in [-0.39, 0.29) is 23.5 Å². The Kier molecular flexibility index (Phi) is 4.30. The molecule has 0 unspecified atom stereocenters. The second kappa shape index (κ2) is 6.16. The van der Waals surface area contributed by atoms with E-state index >= 15 is 0 Å². The first kappa shape index (κ1) is 15.4. The molecule has 0 saturated heterocycles. The number of hydrogen-bond donors (Lipinski definition) is 0. The largest absolute Gasteiger partial charge is 0.391 e. The Morgan fingerprint density at radius 2 is 2.14 bits per heavy atom. The molecule has 10 heteroatoms. The van der Waals surface area contributed by atoms with Gasteiger partial charge in [-0.15, -0.1) is 0 Å². The lowest BCUT2D eigenvalue weighted by Crippen LogP contribution is -2.23. The molecule has 2 aromatic rings. The third-order valence-electron chi connectivity index (χ3n) is 2.73. The average Bonchev–Trinajstić information content (AvgIpc) is 2.78. The zero-order chi connectivity index (χ0) is 16.3. The lowest BCUT2D eigenvalue weighted by Gasteiger charge is -2.08. The highest BCUT2D eigenvalue weighted by Gasteiger charge is 2.21. The van der Waals surface area contributed by atoms with Crippen LogP contribution >= 0.6 is 0 Å². The number of tetrazole rings is 1. The van der Waals surface area contributed by atoms with Crippen LogP contribution < -0.4 is 5.69 Å². The fourth-order valence-electron chi connectivity index (χ4n) is 1.77. The normalized spacial score (nSPS) is 10.3. The maximum Gasteiger partial charge on any atom is 0.368 e. The number of nitro groups is 1. The van der Waals surface area contributed by atoms with Crippen molar-refractivity contribution in [2.24, 2.45) is 12.2 Å². The molecule has 0 fully saturated rings. The quantitative estimate of drug-likeness (QED) is 0.458. The summed E-state index contributed by atoms with van der Waals surface area (Å²) in [5.41, 5.74) is 0.393. The Hall–Kier alpha value is -3.04. The summed E-state index contributed by atoms with van der Waals surface area (Å²) in [5.74, 6) is 0. The Labute approximate surface area is 124 Å². The molecule has 116 valence electrons. The number of hydrogen-bond acceptors (Lipinski definition) is 7. The van der Waals surface area contributed by atoms with E-state index in [1.54, 1.807) is 13.8 Å². The molecule has 22 heavy (non-hydrogen) atoms. The van der Waals surface area contributed by atoms with Crippen LogP contribution in [-0.2, 0) is 18.5 Å². The summed E-state index contributed by atoms with van der Waals surface area (Å²) in [6, 6.07) is 4.32. The molecule has 0 aliphatic carbocycles. The van der Waals surface area contributed by atoms with Crippen molar-refractivity contribution in [3.63, 3.8) is 0 Å². The molecule has 1 aromatic carbocycles. The molecule has 1 aromatic heterocycles. The number of nitro benzene ring substituents is 1. The molecule has 0 atom stereocenters. The van der Waals surface area contributed by atoms with Crippen LogP contribution in [0.4, 0.5) is 5.69 Å². The van der Waals surface area contributed by atoms with Gasteiger partial charge in [-0.05, 0) is 30.3 Å². The molecule has 0 saturated carbocycles. The number of aryl methyl sites for hydroxylation is 1. The van der Waals surface area contributed by atoms with Gasteiger partial charge in [-0.25, -0.2) is 4.79 Å². The van der Waals surface area contributed by atoms with Crippen molar-refractivity contribution < 1.29 is 9.76 Å². The minimum atomic E-state index is -0.549. The number of rotatable bonds is 5. The zero-order valence-electron chi connectivity index (χ0n) is 12.3. The van der Waals surface area contributed by atoms with Gasteiger partial charge in [0.25, 0.3) is 5.69 Å². The molecule has 10 nitrogen and oxygen atoms in total. The standard InChI is InChI=1S/C12H14N6O4/c1-8(2)13-22-7-9-10(5-4-6-11(9)18(20)21)17-12(19)16(3)14-15-17/h4-6H,7H2,1-3H3. The second-order valence-electron chi connectivity index (χ2n) is 4.64. The van der Waals surface area contributed by atoms with E-state index in [1.807, 2.05) is 0 Å². The highest BCUT2D eigenvalue weighted by molar-refractivity contribution is 5.78. The van der Waals surface area contributed by atoms with Crippen molar-refractivity contribution in [1.29, 1.82) is 0 Å². The Balaban J connectivity index is 2.56. The van der Waals surface area contributed by atoms with Crippen LogP contribution in [0.25, 0.3) is 5.69 Å². The van der Waals surface area contributed by atoms with E-state index < -0.39 is 10.6 Å². The summed E-state index contributed by atoms with van der Waals surface area (Å²) >= 11 is 0. The summed E-state index contributed by atoms with van der Waals surface area (Å²) in [6.07, 6.45) is 0. The van der Waals surface area contributed by atoms with Crippen molar-refractivity contribution in [1.82, 2.24) is 19.8 Å². The predicted molar refractivity (Wildman–Crippen MR) is 76.8 cm³/mol. The van der Waals surface area contributed by atoms with Gasteiger partial charge in [0.15, 0.2) is 6.61 Å². The monoisotopic (exact) mass is 306 g/mol. The molecule has 0 bridgehead atoms. The predicted octanol–water partition coefficient (Wildman–Crippen LogP) is 0.787. The topological polar surface area (TPSA) is 117 Å². The summed E-state index contributed by atoms with van der Waals surface area (Å²) < 4.78 is 2.01. The number of benzene rings is 1. The molecule has 0 aliphatic rings. The van der Waals surface area contributed by atoms with Crippen LogP contribution in [0.3, 0.4) is 0 Å². The van der Waals surface area contributed by atoms with Gasteiger partial charge in [-0.3, -0.25) is 10.1 Å². The number of nitrogens with zero attached hydrogens (tertiary/aromatic N) is 6. The van der Waals surface area contributed by atoms with E-state index in [9.17, 15) is 14.9 Å². The highest BCUT2D eigenvalue weighted by Crippen LogP contribution is 2.25. The van der Waals surface area contributed by atoms with Crippen LogP contribution in [0.5, 0.6) is 0 Å². The molecule has 0 spiro atoms. The smallest absolute Gasteiger partial charge is 0.368 e. The SMILES string of the molecule is CC(C)=NOCc1c(-n2nnn(C)c2=O)cccc1[N+](=O)[O-]. The molecule has 0 aliphatic heterocycles. The van der Waals surface area contributed by atoms with Crippen molar-refractivity contribution in [3.05, 3.63) is 44.4 Å². The third-order valence-corrected chi connectivity index (χ3v) is 2.73. The van der Waals surface area contributed by atoms with E-state index in [0.29, 0.717) is 5.71 Å². The van der Waals surface area contributed by atoms with Crippen LogP contribution in [0.15, 0.2) is 28.1 Å². The molecule has 0 N–H and O–H groups in total. The summed E-state index contributed by atoms with van der Waals surface area (Å²) in [5, 5.41) is 22.2. The summed E-state index contributed by atoms with van der Waals surface area (Å²) in [4.78, 5) is 27.7. The van der Waals surface area contributed by atoms with Crippen LogP contribution in [0.1, 0.15) is 19.4 Å². The molecule has 0 radical (unpaired) electrons. The lowest BCUT2D eigenvalue weighted by atomic mass is 10.1. The van der Waals surface area contributed by atoms with Gasteiger partial charge < -0.3 is 4.84 Å². The Morgan fingerprint density at radius 1 is 1.41 bits per heavy atom. The van der Waals surface area contributed by atoms with E-state index in [1.165, 1.54) is 25.2 Å². The Bertz CT molecular complexity index is 787. The van der Waals surface area contributed by atoms with Crippen molar-refractivity contribution in [3.8, 4) is 5.69 Å². The first-order chi connectivity index (χ1) is 10.4. The van der Waals surface area contributed by atoms with Gasteiger partial charge in [0.1, 0.15) is 0 Å². The van der Waals surface area contributed by atoms with Gasteiger partial charge in [-0.1, -0.05) is 11.2 Å². The van der Waals surface area contributed by atoms with Crippen molar-refractivity contribution in [2.75, 3.05) is 0 Å². The minimum Gasteiger partial charge on any atom is -0.391 e. The fraction of sp³-hybridized carbons (Fsp3) is 0.333. The van der Waals surface area contributed by atoms with Crippen LogP contribution in [0, 0.1) is 10.1 Å². The first-order valence-corrected chi connectivity index (χ1v) is 6.30. The molecule has 2 rings (SSSR count). The van der Waals surface area contributed by atoms with Gasteiger partial charge in [-0.2, -0.15) is 9.36 Å². The van der Waals surface area contributed by atoms with Gasteiger partial charge in [0.05, 0.1) is 21.9 Å². The van der Waals surface area contributed by atoms with Gasteiger partial charge in [0, 0.05) is 13.1 Å². The Morgan fingerprint density at radius 3 is 2.68 bits per heavy atom. The number of aromatic nitrogens is 4. The minimum absolute atomic E-state index is 0.166. The van der Waals surface area contributed by atoms with Crippen LogP contribution in [0.2, 0.25) is 0 Å². The maximum absolute atomic E-state index is 11.9. The van der Waals surface area contributed by atoms with Crippen molar-refractivity contribution >= 4 is 11.4 Å². The number of oxime groups is 1. The molecular formula is C12H14N6O4. The van der Waals surface area contributed by atoms with Gasteiger partial charge >= 0.3 is 5.69 Å². The first-order valence-electron chi connectivity index (χ1n) is 6.30. The average molecular weight is 306 g/mol. The zero-order valence-corrected chi connectivity index (χ0v) is 12.3. The van der Waals surface area contributed by atoms with E-state index in [0.717, 1.165) is 9.36 Å². The van der Waals surface area contributed by atoms with E-state index in [2.05, 4.69) is 15.6 Å². The van der Waals surface area contributed by atoms with E-state index in [4.69, 9.17) is 4.84 Å². The van der Waals surface area contributed by atoms with Crippen LogP contribution in [-0.4, -0.2) is 30.4 Å². The molecule has 0 amide bonds. The molecule has 1 heterocycles. The second-order valence-corrected chi connectivity index (χ2v) is 4.64. The fourth-order valence-corrected chi connectivity index (χ4v) is 1.77. The highest BCUT2D eigenvalue weighted by atomic mass is 16.6.